The third-order valence-corrected chi connectivity index (χ3v) is 4.22. The lowest BCUT2D eigenvalue weighted by atomic mass is 10.2. The molecule has 0 aliphatic carbocycles. The maximum absolute atomic E-state index is 12.3. The van der Waals surface area contributed by atoms with E-state index in [4.69, 9.17) is 0 Å². The second kappa shape index (κ2) is 7.31. The van der Waals surface area contributed by atoms with Crippen LogP contribution in [0, 0.1) is 10.1 Å². The van der Waals surface area contributed by atoms with Gasteiger partial charge in [-0.05, 0) is 4.92 Å². The topological polar surface area (TPSA) is 150 Å². The molecule has 0 spiro atoms. The van der Waals surface area contributed by atoms with Crippen LogP contribution in [0.5, 0.6) is 0 Å². The molecule has 2 aromatic rings. The first-order valence-electron chi connectivity index (χ1n) is 7.30. The Morgan fingerprint density at radius 1 is 1.36 bits per heavy atom. The van der Waals surface area contributed by atoms with Gasteiger partial charge in [0.05, 0.1) is 12.6 Å². The van der Waals surface area contributed by atoms with Crippen LogP contribution in [0.3, 0.4) is 0 Å². The number of hydrogen-bond acceptors (Lipinski definition) is 9. The average Bonchev–Trinajstić information content (AvgIpc) is 3.26. The summed E-state index contributed by atoms with van der Waals surface area (Å²) in [6, 6.07) is 1.12. The summed E-state index contributed by atoms with van der Waals surface area (Å²) in [5.74, 6) is -0.892. The van der Waals surface area contributed by atoms with E-state index in [-0.39, 0.29) is 29.9 Å². The van der Waals surface area contributed by atoms with E-state index >= 15 is 0 Å². The molecule has 25 heavy (non-hydrogen) atoms. The van der Waals surface area contributed by atoms with Crippen molar-refractivity contribution in [2.75, 3.05) is 38.0 Å². The molecule has 1 aliphatic heterocycles. The summed E-state index contributed by atoms with van der Waals surface area (Å²) in [6.07, 6.45) is 0. The average molecular weight is 366 g/mol. The van der Waals surface area contributed by atoms with Crippen molar-refractivity contribution in [1.29, 1.82) is 0 Å². The van der Waals surface area contributed by atoms with Crippen LogP contribution in [-0.2, 0) is 4.79 Å². The van der Waals surface area contributed by atoms with Crippen molar-refractivity contribution in [3.8, 4) is 0 Å². The molecule has 0 radical (unpaired) electrons. The van der Waals surface area contributed by atoms with Crippen molar-refractivity contribution in [1.82, 2.24) is 30.2 Å². The minimum absolute atomic E-state index is 0.00848. The molecule has 12 nitrogen and oxygen atoms in total. The second-order valence-electron chi connectivity index (χ2n) is 5.26. The van der Waals surface area contributed by atoms with Crippen molar-refractivity contribution < 1.29 is 14.5 Å². The predicted molar refractivity (Wildman–Crippen MR) is 86.1 cm³/mol. The van der Waals surface area contributed by atoms with Crippen molar-refractivity contribution >= 4 is 34.1 Å². The Labute approximate surface area is 145 Å². The van der Waals surface area contributed by atoms with Gasteiger partial charge >= 0.3 is 5.82 Å². The van der Waals surface area contributed by atoms with E-state index in [0.717, 1.165) is 6.07 Å². The summed E-state index contributed by atoms with van der Waals surface area (Å²) in [4.78, 5) is 37.6. The third-order valence-electron chi connectivity index (χ3n) is 3.61. The van der Waals surface area contributed by atoms with Gasteiger partial charge < -0.3 is 15.0 Å². The van der Waals surface area contributed by atoms with Gasteiger partial charge in [0.15, 0.2) is 5.69 Å². The van der Waals surface area contributed by atoms with Crippen molar-refractivity contribution in [3.63, 3.8) is 0 Å². The molecular formula is C12H14N8O4S. The lowest BCUT2D eigenvalue weighted by molar-refractivity contribution is -0.389. The molecule has 1 aliphatic rings. The summed E-state index contributed by atoms with van der Waals surface area (Å²) < 4.78 is 0. The van der Waals surface area contributed by atoms with Gasteiger partial charge in [-0.2, -0.15) is 0 Å². The van der Waals surface area contributed by atoms with Gasteiger partial charge in [0.1, 0.15) is 5.51 Å². The molecule has 1 fully saturated rings. The molecule has 132 valence electrons. The molecule has 0 bridgehead atoms. The molecule has 3 rings (SSSR count). The molecule has 0 saturated carbocycles. The summed E-state index contributed by atoms with van der Waals surface area (Å²) >= 11 is 1.24. The van der Waals surface area contributed by atoms with E-state index in [0.29, 0.717) is 31.3 Å². The number of aromatic amines is 1. The Morgan fingerprint density at radius 3 is 2.72 bits per heavy atom. The fourth-order valence-electron chi connectivity index (χ4n) is 2.38. The van der Waals surface area contributed by atoms with Crippen LogP contribution in [0.2, 0.25) is 0 Å². The van der Waals surface area contributed by atoms with Crippen molar-refractivity contribution in [2.24, 2.45) is 0 Å². The monoisotopic (exact) mass is 366 g/mol. The Hall–Kier alpha value is -2.93. The largest absolute Gasteiger partial charge is 0.358 e. The summed E-state index contributed by atoms with van der Waals surface area (Å²) in [5, 5.41) is 27.0. The van der Waals surface area contributed by atoms with Gasteiger partial charge in [-0.3, -0.25) is 19.8 Å². The Balaban J connectivity index is 1.48. The van der Waals surface area contributed by atoms with Crippen LogP contribution >= 0.6 is 11.3 Å². The molecular weight excluding hydrogens is 352 g/mol. The lowest BCUT2D eigenvalue weighted by Crippen LogP contribution is -2.50. The highest BCUT2D eigenvalue weighted by molar-refractivity contribution is 7.13. The molecule has 0 atom stereocenters. The molecule has 2 aromatic heterocycles. The van der Waals surface area contributed by atoms with Gasteiger partial charge in [0, 0.05) is 26.2 Å². The first-order chi connectivity index (χ1) is 12.0. The zero-order chi connectivity index (χ0) is 17.8. The molecule has 13 heteroatoms. The quantitative estimate of drug-likeness (QED) is 0.534. The SMILES string of the molecule is O=C(CN1CCN(C(=O)c2cc([N+](=O)[O-])[nH]n2)CC1)Nc1nncs1. The number of piperazine rings is 1. The normalized spacial score (nSPS) is 15.1. The van der Waals surface area contributed by atoms with Crippen molar-refractivity contribution in [3.05, 3.63) is 27.4 Å². The Morgan fingerprint density at radius 2 is 2.12 bits per heavy atom. The van der Waals surface area contributed by atoms with Gasteiger partial charge in [0.25, 0.3) is 5.91 Å². The minimum Gasteiger partial charge on any atom is -0.358 e. The smallest absolute Gasteiger partial charge is 0.343 e. The summed E-state index contributed by atoms with van der Waals surface area (Å²) in [5.41, 5.74) is 1.54. The molecule has 2 amide bonds. The summed E-state index contributed by atoms with van der Waals surface area (Å²) in [6.45, 7) is 2.04. The molecule has 0 aromatic carbocycles. The van der Waals surface area contributed by atoms with Gasteiger partial charge in [-0.25, -0.2) is 0 Å². The number of aromatic nitrogens is 4. The van der Waals surface area contributed by atoms with Crippen LogP contribution in [0.15, 0.2) is 11.6 Å². The van der Waals surface area contributed by atoms with Gasteiger partial charge in [-0.1, -0.05) is 16.4 Å². The number of hydrogen-bond donors (Lipinski definition) is 2. The van der Waals surface area contributed by atoms with Crippen LogP contribution in [0.4, 0.5) is 10.9 Å². The van der Waals surface area contributed by atoms with Gasteiger partial charge in [-0.15, -0.1) is 15.3 Å². The van der Waals surface area contributed by atoms with Crippen LogP contribution in [0.1, 0.15) is 10.5 Å². The number of anilines is 1. The number of nitrogens with zero attached hydrogens (tertiary/aromatic N) is 6. The predicted octanol–water partition coefficient (Wildman–Crippen LogP) is -0.434. The first kappa shape index (κ1) is 16.9. The molecule has 1 saturated heterocycles. The van der Waals surface area contributed by atoms with Crippen molar-refractivity contribution in [2.45, 2.75) is 0 Å². The highest BCUT2D eigenvalue weighted by atomic mass is 32.1. The van der Waals surface area contributed by atoms with E-state index in [9.17, 15) is 19.7 Å². The highest BCUT2D eigenvalue weighted by Gasteiger charge is 2.26. The maximum Gasteiger partial charge on any atom is 0.343 e. The molecule has 2 N–H and O–H groups in total. The number of carbonyl (C=O) groups excluding carboxylic acids is 2. The Bertz CT molecular complexity index is 768. The Kier molecular flexibility index (Phi) is 4.95. The van der Waals surface area contributed by atoms with E-state index in [1.807, 2.05) is 4.90 Å². The number of rotatable bonds is 5. The standard InChI is InChI=1S/C12H14N8O4S/c21-10(14-12-17-13-7-25-12)6-18-1-3-19(4-2-18)11(22)8-5-9(16-15-8)20(23)24/h5,7H,1-4,6H2,(H,15,16)(H,14,17,21). The summed E-state index contributed by atoms with van der Waals surface area (Å²) in [7, 11) is 0. The number of carbonyl (C=O) groups is 2. The first-order valence-corrected chi connectivity index (χ1v) is 8.18. The second-order valence-corrected chi connectivity index (χ2v) is 6.09. The lowest BCUT2D eigenvalue weighted by Gasteiger charge is -2.33. The maximum atomic E-state index is 12.3. The molecule has 0 unspecified atom stereocenters. The fourth-order valence-corrected chi connectivity index (χ4v) is 2.84. The number of nitro groups is 1. The van der Waals surface area contributed by atoms with Crippen LogP contribution in [-0.4, -0.2) is 79.7 Å². The number of nitrogens with one attached hydrogen (secondary N) is 2. The van der Waals surface area contributed by atoms with E-state index < -0.39 is 4.92 Å². The highest BCUT2D eigenvalue weighted by Crippen LogP contribution is 2.12. The zero-order valence-corrected chi connectivity index (χ0v) is 13.7. The van der Waals surface area contributed by atoms with Crippen LogP contribution < -0.4 is 5.32 Å². The van der Waals surface area contributed by atoms with Gasteiger partial charge in [0.2, 0.25) is 11.0 Å². The molecule has 3 heterocycles. The minimum atomic E-state index is -0.641. The fraction of sp³-hybridized carbons (Fsp3) is 0.417. The van der Waals surface area contributed by atoms with E-state index in [1.165, 1.54) is 16.8 Å². The van der Waals surface area contributed by atoms with E-state index in [1.54, 1.807) is 4.90 Å². The third kappa shape index (κ3) is 4.13. The number of amides is 2. The van der Waals surface area contributed by atoms with E-state index in [2.05, 4.69) is 25.7 Å². The number of H-pyrrole nitrogens is 1. The van der Waals surface area contributed by atoms with Crippen LogP contribution in [0.25, 0.3) is 0 Å². The zero-order valence-electron chi connectivity index (χ0n) is 12.9.